The first kappa shape index (κ1) is 17.5. The number of rotatable bonds is 7. The van der Waals surface area contributed by atoms with E-state index in [9.17, 15) is 0 Å². The van der Waals surface area contributed by atoms with Crippen LogP contribution in [0.25, 0.3) is 0 Å². The van der Waals surface area contributed by atoms with E-state index in [1.54, 1.807) is 0 Å². The summed E-state index contributed by atoms with van der Waals surface area (Å²) in [5.41, 5.74) is 0. The molecule has 2 fully saturated rings. The molecule has 22 heavy (non-hydrogen) atoms. The van der Waals surface area contributed by atoms with Gasteiger partial charge >= 0.3 is 0 Å². The van der Waals surface area contributed by atoms with E-state index in [-0.39, 0.29) is 0 Å². The van der Waals surface area contributed by atoms with Crippen LogP contribution in [0.5, 0.6) is 0 Å². The number of piperidine rings is 1. The fourth-order valence-corrected chi connectivity index (χ4v) is 3.37. The molecule has 2 saturated heterocycles. The van der Waals surface area contributed by atoms with Crippen molar-refractivity contribution in [3.05, 3.63) is 0 Å². The number of hydrogen-bond donors (Lipinski definition) is 2. The summed E-state index contributed by atoms with van der Waals surface area (Å²) in [5.74, 6) is 0.904. The second-order valence-electron chi connectivity index (χ2n) is 6.60. The van der Waals surface area contributed by atoms with Crippen molar-refractivity contribution in [2.45, 2.75) is 64.0 Å². The average Bonchev–Trinajstić information content (AvgIpc) is 3.05. The molecule has 2 aliphatic rings. The maximum atomic E-state index is 5.62. The first-order valence-electron chi connectivity index (χ1n) is 9.10. The molecule has 2 atom stereocenters. The van der Waals surface area contributed by atoms with Crippen molar-refractivity contribution in [2.24, 2.45) is 4.99 Å². The summed E-state index contributed by atoms with van der Waals surface area (Å²) < 4.78 is 5.62. The lowest BCUT2D eigenvalue weighted by molar-refractivity contribution is 0.114. The number of aliphatic imine (C=N–C) groups is 1. The van der Waals surface area contributed by atoms with E-state index in [1.807, 2.05) is 7.05 Å². The van der Waals surface area contributed by atoms with Crippen LogP contribution in [0, 0.1) is 0 Å². The summed E-state index contributed by atoms with van der Waals surface area (Å²) in [7, 11) is 1.83. The highest BCUT2D eigenvalue weighted by Gasteiger charge is 2.17. The Morgan fingerprint density at radius 1 is 1.18 bits per heavy atom. The summed E-state index contributed by atoms with van der Waals surface area (Å²) in [6.45, 7) is 7.67. The van der Waals surface area contributed by atoms with Crippen LogP contribution < -0.4 is 10.6 Å². The number of likely N-dealkylation sites (tertiary alicyclic amines) is 1. The van der Waals surface area contributed by atoms with Gasteiger partial charge in [0.2, 0.25) is 0 Å². The molecule has 0 saturated carbocycles. The zero-order valence-electron chi connectivity index (χ0n) is 14.4. The van der Waals surface area contributed by atoms with Crippen molar-refractivity contribution in [1.82, 2.24) is 15.5 Å². The SMILES string of the molecule is CN=C(NCCCCN1CCCCC1C)NCC1CCCO1. The molecular weight excluding hydrogens is 276 g/mol. The molecule has 0 aromatic carbocycles. The Kier molecular flexibility index (Phi) is 8.02. The van der Waals surface area contributed by atoms with Crippen LogP contribution in [0.15, 0.2) is 4.99 Å². The van der Waals surface area contributed by atoms with Gasteiger partial charge in [-0.05, 0) is 58.5 Å². The molecule has 0 radical (unpaired) electrons. The molecule has 5 heteroatoms. The molecule has 0 spiro atoms. The first-order chi connectivity index (χ1) is 10.8. The van der Waals surface area contributed by atoms with Crippen molar-refractivity contribution in [3.8, 4) is 0 Å². The van der Waals surface area contributed by atoms with Crippen LogP contribution in [0.4, 0.5) is 0 Å². The van der Waals surface area contributed by atoms with Gasteiger partial charge in [0.15, 0.2) is 5.96 Å². The minimum atomic E-state index is 0.360. The van der Waals surface area contributed by atoms with Gasteiger partial charge in [-0.25, -0.2) is 0 Å². The lowest BCUT2D eigenvalue weighted by Crippen LogP contribution is -2.41. The number of ether oxygens (including phenoxy) is 1. The van der Waals surface area contributed by atoms with Gasteiger partial charge in [-0.15, -0.1) is 0 Å². The summed E-state index contributed by atoms with van der Waals surface area (Å²) in [4.78, 5) is 6.92. The zero-order valence-corrected chi connectivity index (χ0v) is 14.4. The summed E-state index contributed by atoms with van der Waals surface area (Å²) >= 11 is 0. The summed E-state index contributed by atoms with van der Waals surface area (Å²) in [6.07, 6.45) is 9.33. The molecule has 5 nitrogen and oxygen atoms in total. The van der Waals surface area contributed by atoms with Gasteiger partial charge in [0, 0.05) is 32.8 Å². The Morgan fingerprint density at radius 3 is 2.82 bits per heavy atom. The lowest BCUT2D eigenvalue weighted by atomic mass is 10.0. The second-order valence-corrected chi connectivity index (χ2v) is 6.60. The Labute approximate surface area is 135 Å². The minimum absolute atomic E-state index is 0.360. The molecular formula is C17H34N4O. The van der Waals surface area contributed by atoms with Gasteiger partial charge in [-0.3, -0.25) is 4.99 Å². The highest BCUT2D eigenvalue weighted by molar-refractivity contribution is 5.79. The van der Waals surface area contributed by atoms with Crippen molar-refractivity contribution >= 4 is 5.96 Å². The standard InChI is InChI=1S/C17H34N4O/c1-15-8-3-5-11-21(15)12-6-4-10-19-17(18-2)20-14-16-9-7-13-22-16/h15-16H,3-14H2,1-2H3,(H2,18,19,20). The Hall–Kier alpha value is -0.810. The summed E-state index contributed by atoms with van der Waals surface area (Å²) in [6, 6.07) is 0.780. The Bertz CT molecular complexity index is 329. The molecule has 0 aromatic rings. The van der Waals surface area contributed by atoms with E-state index >= 15 is 0 Å². The molecule has 0 amide bonds. The van der Waals surface area contributed by atoms with Crippen LogP contribution >= 0.6 is 0 Å². The fourth-order valence-electron chi connectivity index (χ4n) is 3.37. The Balaban J connectivity index is 1.50. The molecule has 0 aliphatic carbocycles. The number of nitrogens with one attached hydrogen (secondary N) is 2. The van der Waals surface area contributed by atoms with Gasteiger partial charge in [0.05, 0.1) is 6.10 Å². The van der Waals surface area contributed by atoms with Gasteiger partial charge in [0.25, 0.3) is 0 Å². The van der Waals surface area contributed by atoms with Gasteiger partial charge in [0.1, 0.15) is 0 Å². The van der Waals surface area contributed by atoms with E-state index in [1.165, 1.54) is 51.6 Å². The van der Waals surface area contributed by atoms with Crippen LogP contribution in [0.1, 0.15) is 51.9 Å². The van der Waals surface area contributed by atoms with Crippen molar-refractivity contribution < 1.29 is 4.74 Å². The van der Waals surface area contributed by atoms with Crippen LogP contribution in [-0.4, -0.2) is 62.8 Å². The highest BCUT2D eigenvalue weighted by Crippen LogP contribution is 2.16. The van der Waals surface area contributed by atoms with Crippen molar-refractivity contribution in [2.75, 3.05) is 39.8 Å². The highest BCUT2D eigenvalue weighted by atomic mass is 16.5. The van der Waals surface area contributed by atoms with E-state index < -0.39 is 0 Å². The predicted octanol–water partition coefficient (Wildman–Crippen LogP) is 1.99. The van der Waals surface area contributed by atoms with Crippen LogP contribution in [0.3, 0.4) is 0 Å². The number of hydrogen-bond acceptors (Lipinski definition) is 3. The minimum Gasteiger partial charge on any atom is -0.376 e. The van der Waals surface area contributed by atoms with Gasteiger partial charge in [-0.2, -0.15) is 0 Å². The van der Waals surface area contributed by atoms with Gasteiger partial charge in [-0.1, -0.05) is 6.42 Å². The second kappa shape index (κ2) is 10.1. The number of unbranched alkanes of at least 4 members (excludes halogenated alkanes) is 1. The predicted molar refractivity (Wildman–Crippen MR) is 92.5 cm³/mol. The monoisotopic (exact) mass is 310 g/mol. The topological polar surface area (TPSA) is 48.9 Å². The average molecular weight is 310 g/mol. The Morgan fingerprint density at radius 2 is 2.09 bits per heavy atom. The molecule has 0 aromatic heterocycles. The third-order valence-corrected chi connectivity index (χ3v) is 4.85. The van der Waals surface area contributed by atoms with E-state index in [0.29, 0.717) is 6.10 Å². The van der Waals surface area contributed by atoms with E-state index in [0.717, 1.165) is 38.1 Å². The van der Waals surface area contributed by atoms with E-state index in [4.69, 9.17) is 4.74 Å². The molecule has 2 aliphatic heterocycles. The largest absolute Gasteiger partial charge is 0.376 e. The lowest BCUT2D eigenvalue weighted by Gasteiger charge is -2.33. The first-order valence-corrected chi connectivity index (χ1v) is 9.10. The third kappa shape index (κ3) is 6.13. The van der Waals surface area contributed by atoms with Gasteiger partial charge < -0.3 is 20.3 Å². The van der Waals surface area contributed by atoms with Crippen LogP contribution in [-0.2, 0) is 4.74 Å². The molecule has 2 heterocycles. The number of nitrogens with zero attached hydrogens (tertiary/aromatic N) is 2. The zero-order chi connectivity index (χ0) is 15.6. The molecule has 2 rings (SSSR count). The van der Waals surface area contributed by atoms with Crippen LogP contribution in [0.2, 0.25) is 0 Å². The molecule has 2 N–H and O–H groups in total. The fraction of sp³-hybridized carbons (Fsp3) is 0.941. The maximum absolute atomic E-state index is 5.62. The number of guanidine groups is 1. The maximum Gasteiger partial charge on any atom is 0.191 e. The third-order valence-electron chi connectivity index (χ3n) is 4.85. The molecule has 0 bridgehead atoms. The van der Waals surface area contributed by atoms with Crippen molar-refractivity contribution in [1.29, 1.82) is 0 Å². The van der Waals surface area contributed by atoms with E-state index in [2.05, 4.69) is 27.4 Å². The quantitative estimate of drug-likeness (QED) is 0.429. The summed E-state index contributed by atoms with van der Waals surface area (Å²) in [5, 5.41) is 6.77. The molecule has 2 unspecified atom stereocenters. The molecule has 128 valence electrons. The smallest absolute Gasteiger partial charge is 0.191 e. The van der Waals surface area contributed by atoms with Crippen molar-refractivity contribution in [3.63, 3.8) is 0 Å². The normalized spacial score (nSPS) is 27.1.